The Morgan fingerprint density at radius 2 is 1.89 bits per heavy atom. The summed E-state index contributed by atoms with van der Waals surface area (Å²) in [6.45, 7) is 7.63. The number of rotatable bonds is 8. The lowest BCUT2D eigenvalue weighted by Gasteiger charge is -2.28. The Morgan fingerprint density at radius 1 is 1.26 bits per heavy atom. The molecule has 1 heterocycles. The number of nitrogens with zero attached hydrogens (tertiary/aromatic N) is 1. The summed E-state index contributed by atoms with van der Waals surface area (Å²) >= 11 is 0. The van der Waals surface area contributed by atoms with Gasteiger partial charge in [-0.25, -0.2) is 13.1 Å². The fraction of sp³-hybridized carbons (Fsp3) is 1.00. The van der Waals surface area contributed by atoms with Gasteiger partial charge in [0, 0.05) is 12.6 Å². The third kappa shape index (κ3) is 7.87. The van der Waals surface area contributed by atoms with E-state index in [1.807, 2.05) is 0 Å². The zero-order chi connectivity index (χ0) is 14.3. The highest BCUT2D eigenvalue weighted by molar-refractivity contribution is 7.89. The van der Waals surface area contributed by atoms with Crippen LogP contribution in [0.2, 0.25) is 0 Å². The van der Waals surface area contributed by atoms with E-state index in [1.54, 1.807) is 0 Å². The lowest BCUT2D eigenvalue weighted by Crippen LogP contribution is -2.38. The van der Waals surface area contributed by atoms with Gasteiger partial charge in [-0.3, -0.25) is 0 Å². The van der Waals surface area contributed by atoms with Crippen LogP contribution in [0.4, 0.5) is 0 Å². The van der Waals surface area contributed by atoms with E-state index in [-0.39, 0.29) is 5.75 Å². The molecule has 5 nitrogen and oxygen atoms in total. The van der Waals surface area contributed by atoms with E-state index in [0.29, 0.717) is 24.9 Å². The second-order valence-corrected chi connectivity index (χ2v) is 7.80. The van der Waals surface area contributed by atoms with Gasteiger partial charge < -0.3 is 10.2 Å². The van der Waals surface area contributed by atoms with Gasteiger partial charge in [0.2, 0.25) is 10.0 Å². The number of piperidine rings is 1. The minimum Gasteiger partial charge on any atom is -0.314 e. The molecule has 0 radical (unpaired) electrons. The average molecular weight is 291 g/mol. The number of hydrogen-bond donors (Lipinski definition) is 2. The van der Waals surface area contributed by atoms with Gasteiger partial charge in [-0.05, 0) is 51.9 Å². The molecule has 1 saturated heterocycles. The van der Waals surface area contributed by atoms with Gasteiger partial charge in [-0.1, -0.05) is 13.8 Å². The first-order chi connectivity index (χ1) is 8.89. The monoisotopic (exact) mass is 291 g/mol. The fourth-order valence-electron chi connectivity index (χ4n) is 2.24. The van der Waals surface area contributed by atoms with Crippen LogP contribution in [0, 0.1) is 5.92 Å². The summed E-state index contributed by atoms with van der Waals surface area (Å²) in [5.41, 5.74) is 0. The molecule has 0 aromatic rings. The minimum atomic E-state index is -3.10. The number of sulfonamides is 1. The normalized spacial score (nSPS) is 19.2. The van der Waals surface area contributed by atoms with Crippen molar-refractivity contribution >= 4 is 10.0 Å². The van der Waals surface area contributed by atoms with E-state index in [0.717, 1.165) is 32.5 Å². The number of nitrogens with one attached hydrogen (secondary N) is 2. The Kier molecular flexibility index (Phi) is 7.28. The van der Waals surface area contributed by atoms with Crippen LogP contribution in [-0.2, 0) is 10.0 Å². The highest BCUT2D eigenvalue weighted by Gasteiger charge is 2.19. The summed E-state index contributed by atoms with van der Waals surface area (Å²) < 4.78 is 26.4. The maximum Gasteiger partial charge on any atom is 0.211 e. The zero-order valence-corrected chi connectivity index (χ0v) is 13.3. The summed E-state index contributed by atoms with van der Waals surface area (Å²) in [5, 5.41) is 3.23. The van der Waals surface area contributed by atoms with E-state index < -0.39 is 10.0 Å². The molecule has 0 aliphatic carbocycles. The summed E-state index contributed by atoms with van der Waals surface area (Å²) in [5.74, 6) is 0.721. The summed E-state index contributed by atoms with van der Waals surface area (Å²) in [6, 6.07) is 0.412. The Labute approximate surface area is 118 Å². The van der Waals surface area contributed by atoms with Gasteiger partial charge >= 0.3 is 0 Å². The maximum absolute atomic E-state index is 11.8. The standard InChI is InChI=1S/C13H29N3O2S/c1-12(2)14-7-4-10-19(17,18)15-11-13-5-8-16(3)9-6-13/h12-15H,4-11H2,1-3H3. The Balaban J connectivity index is 2.16. The predicted molar refractivity (Wildman–Crippen MR) is 79.8 cm³/mol. The number of hydrogen-bond acceptors (Lipinski definition) is 4. The Hall–Kier alpha value is -0.170. The molecule has 0 aromatic carbocycles. The molecule has 1 fully saturated rings. The van der Waals surface area contributed by atoms with Crippen LogP contribution in [0.1, 0.15) is 33.1 Å². The molecule has 2 N–H and O–H groups in total. The molecule has 1 aliphatic rings. The third-order valence-corrected chi connectivity index (χ3v) is 5.01. The summed E-state index contributed by atoms with van der Waals surface area (Å²) in [7, 11) is -0.983. The van der Waals surface area contributed by atoms with Crippen LogP contribution in [0.3, 0.4) is 0 Å². The molecule has 0 bridgehead atoms. The van der Waals surface area contributed by atoms with Gasteiger partial charge in [-0.2, -0.15) is 0 Å². The SMILES string of the molecule is CC(C)NCCCS(=O)(=O)NCC1CCN(C)CC1. The predicted octanol–water partition coefficient (Wildman–Crippen LogP) is 0.636. The molecule has 0 atom stereocenters. The lowest BCUT2D eigenvalue weighted by atomic mass is 9.98. The van der Waals surface area contributed by atoms with Crippen LogP contribution in [0.25, 0.3) is 0 Å². The average Bonchev–Trinajstić information content (AvgIpc) is 2.34. The molecule has 1 aliphatic heterocycles. The van der Waals surface area contributed by atoms with Crippen molar-refractivity contribution in [3.05, 3.63) is 0 Å². The van der Waals surface area contributed by atoms with Crippen molar-refractivity contribution in [3.63, 3.8) is 0 Å². The lowest BCUT2D eigenvalue weighted by molar-refractivity contribution is 0.220. The summed E-state index contributed by atoms with van der Waals surface area (Å²) in [6.07, 6.45) is 2.85. The van der Waals surface area contributed by atoms with Gasteiger partial charge in [0.25, 0.3) is 0 Å². The fourth-order valence-corrected chi connectivity index (χ4v) is 3.39. The smallest absolute Gasteiger partial charge is 0.211 e. The molecule has 1 rings (SSSR count). The second-order valence-electron chi connectivity index (χ2n) is 5.88. The molecular formula is C13H29N3O2S. The Bertz CT molecular complexity index is 336. The maximum atomic E-state index is 11.8. The van der Waals surface area contributed by atoms with Crippen molar-refractivity contribution in [1.29, 1.82) is 0 Å². The molecule has 6 heteroatoms. The molecule has 114 valence electrons. The van der Waals surface area contributed by atoms with Crippen LogP contribution < -0.4 is 10.0 Å². The third-order valence-electron chi connectivity index (χ3n) is 3.57. The summed E-state index contributed by atoms with van der Waals surface area (Å²) in [4.78, 5) is 2.29. The molecule has 19 heavy (non-hydrogen) atoms. The van der Waals surface area contributed by atoms with Gasteiger partial charge in [0.15, 0.2) is 0 Å². The van der Waals surface area contributed by atoms with Crippen LogP contribution in [0.5, 0.6) is 0 Å². The van der Waals surface area contributed by atoms with E-state index in [4.69, 9.17) is 0 Å². The van der Waals surface area contributed by atoms with E-state index in [9.17, 15) is 8.42 Å². The topological polar surface area (TPSA) is 61.4 Å². The quantitative estimate of drug-likeness (QED) is 0.644. The van der Waals surface area contributed by atoms with E-state index in [1.165, 1.54) is 0 Å². The largest absolute Gasteiger partial charge is 0.314 e. The van der Waals surface area contributed by atoms with Gasteiger partial charge in [0.1, 0.15) is 0 Å². The Morgan fingerprint density at radius 3 is 2.47 bits per heavy atom. The molecule has 0 aromatic heterocycles. The molecule has 0 spiro atoms. The highest BCUT2D eigenvalue weighted by Crippen LogP contribution is 2.14. The van der Waals surface area contributed by atoms with Gasteiger partial charge in [-0.15, -0.1) is 0 Å². The minimum absolute atomic E-state index is 0.222. The molecule has 0 unspecified atom stereocenters. The van der Waals surface area contributed by atoms with E-state index in [2.05, 4.69) is 35.8 Å². The first-order valence-electron chi connectivity index (χ1n) is 7.28. The van der Waals surface area contributed by atoms with Crippen molar-refractivity contribution in [1.82, 2.24) is 14.9 Å². The van der Waals surface area contributed by atoms with Crippen LogP contribution in [0.15, 0.2) is 0 Å². The first-order valence-corrected chi connectivity index (χ1v) is 8.93. The van der Waals surface area contributed by atoms with E-state index >= 15 is 0 Å². The molecular weight excluding hydrogens is 262 g/mol. The van der Waals surface area contributed by atoms with Crippen molar-refractivity contribution < 1.29 is 8.42 Å². The molecule has 0 amide bonds. The number of likely N-dealkylation sites (tertiary alicyclic amines) is 1. The molecule has 0 saturated carbocycles. The van der Waals surface area contributed by atoms with Crippen molar-refractivity contribution in [3.8, 4) is 0 Å². The van der Waals surface area contributed by atoms with Gasteiger partial charge in [0.05, 0.1) is 5.75 Å². The van der Waals surface area contributed by atoms with Crippen LogP contribution in [-0.4, -0.2) is 58.3 Å². The zero-order valence-electron chi connectivity index (χ0n) is 12.5. The highest BCUT2D eigenvalue weighted by atomic mass is 32.2. The van der Waals surface area contributed by atoms with Crippen LogP contribution >= 0.6 is 0 Å². The van der Waals surface area contributed by atoms with Crippen molar-refractivity contribution in [2.75, 3.05) is 39.0 Å². The first kappa shape index (κ1) is 16.9. The van der Waals surface area contributed by atoms with Crippen molar-refractivity contribution in [2.45, 2.75) is 39.2 Å². The second kappa shape index (κ2) is 8.19. The van der Waals surface area contributed by atoms with Crippen molar-refractivity contribution in [2.24, 2.45) is 5.92 Å².